The van der Waals surface area contributed by atoms with Crippen LogP contribution in [0.2, 0.25) is 20.1 Å². The van der Waals surface area contributed by atoms with Crippen LogP contribution in [0.25, 0.3) is 0 Å². The minimum atomic E-state index is -0.521. The van der Waals surface area contributed by atoms with Gasteiger partial charge < -0.3 is 9.64 Å². The lowest BCUT2D eigenvalue weighted by molar-refractivity contribution is 0.0526. The van der Waals surface area contributed by atoms with E-state index in [9.17, 15) is 9.59 Å². The number of amides is 1. The molecule has 0 fully saturated rings. The molecule has 0 unspecified atom stereocenters. The number of rotatable bonds is 6. The van der Waals surface area contributed by atoms with Gasteiger partial charge in [-0.05, 0) is 73.2 Å². The smallest absolute Gasteiger partial charge is 0.338 e. The molecule has 0 aliphatic rings. The standard InChI is InChI=1S/C24H18Cl4N2O3S/c1-2-33-23(32)14-7-10-17(11-8-14)30(13-15-6-9-16(25)12-20(15)27)24(34)29-22(31)18-4-3-5-19(26)21(18)28/h3-12H,2,13H2,1H3,(H,29,31,34). The first-order valence-electron chi connectivity index (χ1n) is 9.99. The fourth-order valence-corrected chi connectivity index (χ4v) is 4.12. The number of carbonyl (C=O) groups is 2. The van der Waals surface area contributed by atoms with Crippen LogP contribution in [0.15, 0.2) is 60.7 Å². The van der Waals surface area contributed by atoms with Crippen LogP contribution in [0.4, 0.5) is 5.69 Å². The summed E-state index contributed by atoms with van der Waals surface area (Å²) < 4.78 is 5.03. The van der Waals surface area contributed by atoms with Crippen molar-refractivity contribution in [3.8, 4) is 0 Å². The Morgan fingerprint density at radius 3 is 2.32 bits per heavy atom. The van der Waals surface area contributed by atoms with Gasteiger partial charge in [0.05, 0.1) is 34.3 Å². The molecule has 3 rings (SSSR count). The zero-order valence-electron chi connectivity index (χ0n) is 17.8. The molecule has 1 N–H and O–H groups in total. The highest BCUT2D eigenvalue weighted by atomic mass is 35.5. The molecule has 0 spiro atoms. The zero-order valence-corrected chi connectivity index (χ0v) is 21.6. The molecule has 0 heterocycles. The van der Waals surface area contributed by atoms with E-state index in [1.54, 1.807) is 72.5 Å². The van der Waals surface area contributed by atoms with Gasteiger partial charge in [-0.2, -0.15) is 0 Å². The average molecular weight is 556 g/mol. The van der Waals surface area contributed by atoms with Gasteiger partial charge >= 0.3 is 5.97 Å². The summed E-state index contributed by atoms with van der Waals surface area (Å²) in [5.74, 6) is -0.958. The molecule has 34 heavy (non-hydrogen) atoms. The number of halogens is 4. The molecule has 10 heteroatoms. The minimum Gasteiger partial charge on any atom is -0.462 e. The molecule has 1 amide bonds. The van der Waals surface area contributed by atoms with E-state index >= 15 is 0 Å². The van der Waals surface area contributed by atoms with Crippen LogP contribution >= 0.6 is 58.6 Å². The predicted molar refractivity (Wildman–Crippen MR) is 142 cm³/mol. The van der Waals surface area contributed by atoms with Crippen LogP contribution in [-0.2, 0) is 11.3 Å². The van der Waals surface area contributed by atoms with E-state index in [1.165, 1.54) is 0 Å². The van der Waals surface area contributed by atoms with Crippen molar-refractivity contribution < 1.29 is 14.3 Å². The normalized spacial score (nSPS) is 10.5. The summed E-state index contributed by atoms with van der Waals surface area (Å²) in [4.78, 5) is 26.5. The average Bonchev–Trinajstić information content (AvgIpc) is 2.80. The van der Waals surface area contributed by atoms with E-state index in [1.807, 2.05) is 0 Å². The van der Waals surface area contributed by atoms with Crippen molar-refractivity contribution in [3.05, 3.63) is 97.4 Å². The number of hydrogen-bond donors (Lipinski definition) is 1. The van der Waals surface area contributed by atoms with Crippen LogP contribution in [0.1, 0.15) is 33.2 Å². The van der Waals surface area contributed by atoms with Gasteiger partial charge in [0.25, 0.3) is 5.91 Å². The Hall–Kier alpha value is -2.35. The molecular weight excluding hydrogens is 538 g/mol. The van der Waals surface area contributed by atoms with E-state index in [0.29, 0.717) is 21.3 Å². The van der Waals surface area contributed by atoms with Crippen molar-refractivity contribution in [2.45, 2.75) is 13.5 Å². The summed E-state index contributed by atoms with van der Waals surface area (Å²) in [6, 6.07) is 16.5. The molecule has 0 saturated heterocycles. The predicted octanol–water partition coefficient (Wildman–Crippen LogP) is 7.20. The maximum Gasteiger partial charge on any atom is 0.338 e. The van der Waals surface area contributed by atoms with E-state index in [0.717, 1.165) is 5.56 Å². The lowest BCUT2D eigenvalue weighted by Crippen LogP contribution is -2.42. The Morgan fingerprint density at radius 1 is 0.971 bits per heavy atom. The fraction of sp³-hybridized carbons (Fsp3) is 0.125. The third-order valence-corrected chi connectivity index (χ3v) is 6.42. The van der Waals surface area contributed by atoms with E-state index in [4.69, 9.17) is 63.4 Å². The maximum absolute atomic E-state index is 12.9. The third kappa shape index (κ3) is 6.40. The summed E-state index contributed by atoms with van der Waals surface area (Å²) in [7, 11) is 0. The van der Waals surface area contributed by atoms with Crippen molar-refractivity contribution >= 4 is 81.3 Å². The number of carbonyl (C=O) groups excluding carboxylic acids is 2. The van der Waals surface area contributed by atoms with Gasteiger partial charge in [-0.15, -0.1) is 0 Å². The first-order valence-corrected chi connectivity index (χ1v) is 11.9. The number of thiocarbonyl (C=S) groups is 1. The Morgan fingerprint density at radius 2 is 1.68 bits per heavy atom. The molecule has 3 aromatic rings. The molecule has 0 aliphatic heterocycles. The topological polar surface area (TPSA) is 58.6 Å². The molecule has 176 valence electrons. The van der Waals surface area contributed by atoms with Gasteiger partial charge in [0.1, 0.15) is 0 Å². The number of nitrogens with one attached hydrogen (secondary N) is 1. The quantitative estimate of drug-likeness (QED) is 0.257. The molecule has 0 aliphatic carbocycles. The van der Waals surface area contributed by atoms with Crippen LogP contribution in [0.3, 0.4) is 0 Å². The van der Waals surface area contributed by atoms with Crippen molar-refractivity contribution in [2.75, 3.05) is 11.5 Å². The van der Waals surface area contributed by atoms with Gasteiger partial charge in [-0.1, -0.05) is 58.5 Å². The molecule has 0 atom stereocenters. The van der Waals surface area contributed by atoms with E-state index in [-0.39, 0.29) is 33.9 Å². The monoisotopic (exact) mass is 554 g/mol. The van der Waals surface area contributed by atoms with Crippen LogP contribution in [0.5, 0.6) is 0 Å². The van der Waals surface area contributed by atoms with Crippen molar-refractivity contribution in [1.82, 2.24) is 5.32 Å². The number of esters is 1. The maximum atomic E-state index is 12.9. The van der Waals surface area contributed by atoms with Gasteiger partial charge in [0.15, 0.2) is 5.11 Å². The van der Waals surface area contributed by atoms with Crippen LogP contribution in [0, 0.1) is 0 Å². The lowest BCUT2D eigenvalue weighted by atomic mass is 10.1. The highest BCUT2D eigenvalue weighted by Crippen LogP contribution is 2.27. The lowest BCUT2D eigenvalue weighted by Gasteiger charge is -2.26. The van der Waals surface area contributed by atoms with Crippen LogP contribution in [-0.4, -0.2) is 23.6 Å². The van der Waals surface area contributed by atoms with E-state index in [2.05, 4.69) is 5.32 Å². The number of anilines is 1. The number of benzene rings is 3. The van der Waals surface area contributed by atoms with E-state index < -0.39 is 11.9 Å². The summed E-state index contributed by atoms with van der Waals surface area (Å²) >= 11 is 30.2. The Labute approximate surface area is 222 Å². The Kier molecular flexibility index (Phi) is 9.17. The SMILES string of the molecule is CCOC(=O)c1ccc(N(Cc2ccc(Cl)cc2Cl)C(=S)NC(=O)c2cccc(Cl)c2Cl)cc1. The summed E-state index contributed by atoms with van der Waals surface area (Å²) in [6.45, 7) is 2.22. The fourth-order valence-electron chi connectivity index (χ4n) is 3.00. The Balaban J connectivity index is 1.92. The highest BCUT2D eigenvalue weighted by molar-refractivity contribution is 7.80. The molecular formula is C24H18Cl4N2O3S. The molecule has 0 aromatic heterocycles. The first kappa shape index (κ1) is 26.3. The third-order valence-electron chi connectivity index (χ3n) is 4.70. The molecule has 0 radical (unpaired) electrons. The second-order valence-corrected chi connectivity index (χ2v) is 8.97. The van der Waals surface area contributed by atoms with Crippen molar-refractivity contribution in [2.24, 2.45) is 0 Å². The second kappa shape index (κ2) is 11.9. The number of hydrogen-bond acceptors (Lipinski definition) is 4. The summed E-state index contributed by atoms with van der Waals surface area (Å²) in [5.41, 5.74) is 1.90. The summed E-state index contributed by atoms with van der Waals surface area (Å²) in [5, 5.41) is 4.08. The molecule has 5 nitrogen and oxygen atoms in total. The number of nitrogens with zero attached hydrogens (tertiary/aromatic N) is 1. The van der Waals surface area contributed by atoms with Crippen molar-refractivity contribution in [1.29, 1.82) is 0 Å². The zero-order chi connectivity index (χ0) is 24.8. The Bertz CT molecular complexity index is 1240. The van der Waals surface area contributed by atoms with Crippen LogP contribution < -0.4 is 10.2 Å². The number of ether oxygens (including phenoxy) is 1. The van der Waals surface area contributed by atoms with Gasteiger partial charge in [-0.25, -0.2) is 4.79 Å². The van der Waals surface area contributed by atoms with Gasteiger partial charge in [0, 0.05) is 15.7 Å². The van der Waals surface area contributed by atoms with Gasteiger partial charge in [-0.3, -0.25) is 10.1 Å². The second-order valence-electron chi connectivity index (χ2n) is 6.95. The highest BCUT2D eigenvalue weighted by Gasteiger charge is 2.20. The molecule has 3 aromatic carbocycles. The summed E-state index contributed by atoms with van der Waals surface area (Å²) in [6.07, 6.45) is 0. The minimum absolute atomic E-state index is 0.0935. The molecule has 0 bridgehead atoms. The first-order chi connectivity index (χ1) is 16.2. The molecule has 0 saturated carbocycles. The van der Waals surface area contributed by atoms with Crippen molar-refractivity contribution in [3.63, 3.8) is 0 Å². The van der Waals surface area contributed by atoms with Gasteiger partial charge in [0.2, 0.25) is 0 Å². The largest absolute Gasteiger partial charge is 0.462 e.